The van der Waals surface area contributed by atoms with Crippen molar-refractivity contribution in [1.82, 2.24) is 20.5 Å². The predicted octanol–water partition coefficient (Wildman–Crippen LogP) is 3.43. The number of amides is 1. The Morgan fingerprint density at radius 2 is 1.73 bits per heavy atom. The van der Waals surface area contributed by atoms with Gasteiger partial charge in [-0.3, -0.25) is 9.59 Å². The predicted molar refractivity (Wildman–Crippen MR) is 115 cm³/mol. The number of nitrogens with zero attached hydrogens (tertiary/aromatic N) is 2. The van der Waals surface area contributed by atoms with Crippen LogP contribution in [0.3, 0.4) is 0 Å². The van der Waals surface area contributed by atoms with Crippen molar-refractivity contribution in [3.05, 3.63) is 76.2 Å². The van der Waals surface area contributed by atoms with Crippen LogP contribution in [0.15, 0.2) is 59.4 Å². The highest BCUT2D eigenvalue weighted by Crippen LogP contribution is 2.19. The number of rotatable bonds is 8. The lowest BCUT2D eigenvalue weighted by Gasteiger charge is -2.14. The van der Waals surface area contributed by atoms with Crippen molar-refractivity contribution in [3.63, 3.8) is 0 Å². The van der Waals surface area contributed by atoms with Gasteiger partial charge in [0.25, 0.3) is 5.56 Å². The summed E-state index contributed by atoms with van der Waals surface area (Å²) in [7, 11) is 0. The maximum atomic E-state index is 12.4. The number of ether oxygens (including phenoxy) is 1. The normalized spacial score (nSPS) is 11.9. The molecule has 30 heavy (non-hydrogen) atoms. The van der Waals surface area contributed by atoms with Crippen molar-refractivity contribution >= 4 is 5.91 Å². The van der Waals surface area contributed by atoms with Gasteiger partial charge >= 0.3 is 0 Å². The van der Waals surface area contributed by atoms with E-state index < -0.39 is 0 Å². The van der Waals surface area contributed by atoms with E-state index in [4.69, 9.17) is 4.74 Å². The van der Waals surface area contributed by atoms with Gasteiger partial charge in [-0.2, -0.15) is 0 Å². The third-order valence-corrected chi connectivity index (χ3v) is 4.53. The Morgan fingerprint density at radius 1 is 1.03 bits per heavy atom. The Balaban J connectivity index is 1.59. The van der Waals surface area contributed by atoms with Crippen molar-refractivity contribution < 1.29 is 9.53 Å². The Hall–Kier alpha value is -3.48. The van der Waals surface area contributed by atoms with Gasteiger partial charge in [-0.1, -0.05) is 30.3 Å². The number of carbonyl (C=O) groups is 1. The maximum Gasteiger partial charge on any atom is 0.273 e. The summed E-state index contributed by atoms with van der Waals surface area (Å²) >= 11 is 0. The van der Waals surface area contributed by atoms with Crippen molar-refractivity contribution in [2.45, 2.75) is 45.8 Å². The molecule has 1 amide bonds. The molecule has 0 aliphatic heterocycles. The van der Waals surface area contributed by atoms with Crippen LogP contribution in [0, 0.1) is 0 Å². The fourth-order valence-corrected chi connectivity index (χ4v) is 2.99. The molecule has 3 rings (SSSR count). The lowest BCUT2D eigenvalue weighted by atomic mass is 10.1. The van der Waals surface area contributed by atoms with Crippen LogP contribution in [0.25, 0.3) is 11.4 Å². The molecule has 1 aromatic heterocycles. The van der Waals surface area contributed by atoms with E-state index in [1.165, 1.54) is 0 Å². The zero-order valence-corrected chi connectivity index (χ0v) is 17.4. The molecule has 0 saturated heterocycles. The maximum absolute atomic E-state index is 12.4. The van der Waals surface area contributed by atoms with E-state index in [-0.39, 0.29) is 42.1 Å². The summed E-state index contributed by atoms with van der Waals surface area (Å²) in [6.45, 7) is 5.84. The minimum Gasteiger partial charge on any atom is -0.491 e. The monoisotopic (exact) mass is 406 g/mol. The minimum absolute atomic E-state index is 0.0858. The number of aromatic amines is 1. The zero-order chi connectivity index (χ0) is 21.5. The summed E-state index contributed by atoms with van der Waals surface area (Å²) in [6, 6.07) is 16.9. The van der Waals surface area contributed by atoms with Gasteiger partial charge in [-0.05, 0) is 50.6 Å². The minimum atomic E-state index is -0.341. The number of aryl methyl sites for hydroxylation is 1. The summed E-state index contributed by atoms with van der Waals surface area (Å²) < 4.78 is 5.61. The van der Waals surface area contributed by atoms with E-state index in [9.17, 15) is 9.59 Å². The van der Waals surface area contributed by atoms with Crippen LogP contribution in [0.4, 0.5) is 0 Å². The van der Waals surface area contributed by atoms with E-state index in [1.54, 1.807) is 0 Å². The number of nitrogens with one attached hydrogen (secondary N) is 2. The van der Waals surface area contributed by atoms with E-state index in [0.29, 0.717) is 5.82 Å². The van der Waals surface area contributed by atoms with Gasteiger partial charge in [-0.15, -0.1) is 10.2 Å². The second kappa shape index (κ2) is 9.82. The molecule has 0 spiro atoms. The quantitative estimate of drug-likeness (QED) is 0.597. The van der Waals surface area contributed by atoms with Crippen LogP contribution in [0.1, 0.15) is 44.5 Å². The third kappa shape index (κ3) is 5.76. The lowest BCUT2D eigenvalue weighted by molar-refractivity contribution is -0.121. The molecule has 0 bridgehead atoms. The summed E-state index contributed by atoms with van der Waals surface area (Å²) in [5.74, 6) is 0.982. The molecule has 156 valence electrons. The molecule has 0 aliphatic carbocycles. The summed E-state index contributed by atoms with van der Waals surface area (Å²) in [4.78, 5) is 27.3. The number of hydrogen-bond donors (Lipinski definition) is 2. The smallest absolute Gasteiger partial charge is 0.273 e. The average Bonchev–Trinajstić information content (AvgIpc) is 2.73. The van der Waals surface area contributed by atoms with Crippen LogP contribution in [-0.2, 0) is 11.2 Å². The van der Waals surface area contributed by atoms with Crippen molar-refractivity contribution in [2.75, 3.05) is 0 Å². The molecule has 7 nitrogen and oxygen atoms in total. The standard InChI is InChI=1S/C23H26N4O3/c1-15(2)30-19-11-9-18(10-12-19)22-25-23(29)20(26-27-22)13-14-21(28)24-16(3)17-7-5-4-6-8-17/h4-12,15-16H,13-14H2,1-3H3,(H,24,28)(H,25,27,29). The number of benzene rings is 2. The molecule has 1 unspecified atom stereocenters. The first kappa shape index (κ1) is 21.2. The molecule has 1 atom stereocenters. The number of hydrogen-bond acceptors (Lipinski definition) is 5. The highest BCUT2D eigenvalue weighted by molar-refractivity contribution is 5.76. The van der Waals surface area contributed by atoms with Crippen LogP contribution in [0.2, 0.25) is 0 Å². The molecule has 2 aromatic carbocycles. The largest absolute Gasteiger partial charge is 0.491 e. The van der Waals surface area contributed by atoms with Gasteiger partial charge < -0.3 is 15.0 Å². The molecule has 0 radical (unpaired) electrons. The van der Waals surface area contributed by atoms with Gasteiger partial charge in [0.15, 0.2) is 5.82 Å². The van der Waals surface area contributed by atoms with E-state index in [2.05, 4.69) is 20.5 Å². The summed E-state index contributed by atoms with van der Waals surface area (Å²) in [5.41, 5.74) is 1.65. The lowest BCUT2D eigenvalue weighted by Crippen LogP contribution is -2.28. The SMILES string of the molecule is CC(C)Oc1ccc(-c2nnc(CCC(=O)NC(C)c3ccccc3)c(=O)[nH]2)cc1. The second-order valence-corrected chi connectivity index (χ2v) is 7.34. The Bertz CT molecular complexity index is 1030. The van der Waals surface area contributed by atoms with E-state index in [1.807, 2.05) is 75.4 Å². The molecule has 3 aromatic rings. The molecule has 2 N–H and O–H groups in total. The van der Waals surface area contributed by atoms with Crippen molar-refractivity contribution in [1.29, 1.82) is 0 Å². The van der Waals surface area contributed by atoms with Crippen LogP contribution >= 0.6 is 0 Å². The van der Waals surface area contributed by atoms with E-state index >= 15 is 0 Å². The first-order valence-electron chi connectivity index (χ1n) is 9.99. The van der Waals surface area contributed by atoms with Crippen molar-refractivity contribution in [3.8, 4) is 17.1 Å². The number of H-pyrrole nitrogens is 1. The van der Waals surface area contributed by atoms with Gasteiger partial charge in [0.1, 0.15) is 11.4 Å². The van der Waals surface area contributed by atoms with Gasteiger partial charge in [0.2, 0.25) is 5.91 Å². The zero-order valence-electron chi connectivity index (χ0n) is 17.4. The van der Waals surface area contributed by atoms with Gasteiger partial charge in [0, 0.05) is 18.4 Å². The third-order valence-electron chi connectivity index (χ3n) is 4.53. The summed E-state index contributed by atoms with van der Waals surface area (Å²) in [5, 5.41) is 11.1. The Labute approximate surface area is 175 Å². The van der Waals surface area contributed by atoms with Crippen LogP contribution < -0.4 is 15.6 Å². The number of aromatic nitrogens is 3. The number of carbonyl (C=O) groups excluding carboxylic acids is 1. The molecular weight excluding hydrogens is 380 g/mol. The van der Waals surface area contributed by atoms with Gasteiger partial charge in [-0.25, -0.2) is 0 Å². The molecule has 0 fully saturated rings. The van der Waals surface area contributed by atoms with Crippen molar-refractivity contribution in [2.24, 2.45) is 0 Å². The Kier molecular flexibility index (Phi) is 6.95. The summed E-state index contributed by atoms with van der Waals surface area (Å²) in [6.07, 6.45) is 0.467. The molecular formula is C23H26N4O3. The molecule has 0 aliphatic rings. The van der Waals surface area contributed by atoms with Gasteiger partial charge in [0.05, 0.1) is 12.1 Å². The van der Waals surface area contributed by atoms with Crippen LogP contribution in [-0.4, -0.2) is 27.2 Å². The first-order valence-corrected chi connectivity index (χ1v) is 9.99. The highest BCUT2D eigenvalue weighted by atomic mass is 16.5. The fraction of sp³-hybridized carbons (Fsp3) is 0.304. The van der Waals surface area contributed by atoms with E-state index in [0.717, 1.165) is 16.9 Å². The molecule has 1 heterocycles. The molecule has 7 heteroatoms. The van der Waals surface area contributed by atoms with Crippen LogP contribution in [0.5, 0.6) is 5.75 Å². The second-order valence-electron chi connectivity index (χ2n) is 7.34. The Morgan fingerprint density at radius 3 is 2.37 bits per heavy atom. The molecule has 0 saturated carbocycles. The topological polar surface area (TPSA) is 97.0 Å². The fourth-order valence-electron chi connectivity index (χ4n) is 2.99. The highest BCUT2D eigenvalue weighted by Gasteiger charge is 2.12. The first-order chi connectivity index (χ1) is 14.4. The average molecular weight is 406 g/mol.